The van der Waals surface area contributed by atoms with Gasteiger partial charge in [-0.25, -0.2) is 0 Å². The van der Waals surface area contributed by atoms with Crippen LogP contribution in [0, 0.1) is 10.1 Å². The molecule has 3 nitrogen and oxygen atoms in total. The van der Waals surface area contributed by atoms with E-state index in [0.29, 0.717) is 5.02 Å². The van der Waals surface area contributed by atoms with Gasteiger partial charge in [0.2, 0.25) is 0 Å². The highest BCUT2D eigenvalue weighted by molar-refractivity contribution is 7.98. The zero-order valence-corrected chi connectivity index (χ0v) is 7.85. The Balaban J connectivity index is 3.13. The number of hydrogen-bond donors (Lipinski definition) is 0. The molecule has 0 fully saturated rings. The van der Waals surface area contributed by atoms with Gasteiger partial charge in [0.25, 0.3) is 5.69 Å². The average Bonchev–Trinajstić information content (AvgIpc) is 2.05. The van der Waals surface area contributed by atoms with E-state index in [1.165, 1.54) is 30.0 Å². The van der Waals surface area contributed by atoms with Gasteiger partial charge in [-0.1, -0.05) is 11.6 Å². The molecule has 0 saturated carbocycles. The molecule has 0 N–H and O–H groups in total. The molecule has 0 aliphatic heterocycles. The van der Waals surface area contributed by atoms with Gasteiger partial charge in [-0.15, -0.1) is 11.8 Å². The van der Waals surface area contributed by atoms with Crippen molar-refractivity contribution in [2.24, 2.45) is 0 Å². The summed E-state index contributed by atoms with van der Waals surface area (Å²) >= 11 is 7.15. The van der Waals surface area contributed by atoms with Gasteiger partial charge in [-0.3, -0.25) is 10.1 Å². The minimum atomic E-state index is -0.434. The van der Waals surface area contributed by atoms with Crippen molar-refractivity contribution in [2.45, 2.75) is 4.90 Å². The fourth-order valence-corrected chi connectivity index (χ4v) is 1.61. The number of nitrogens with zero attached hydrogens (tertiary/aromatic N) is 1. The molecule has 0 unspecified atom stereocenters. The Hall–Kier alpha value is -0.740. The minimum Gasteiger partial charge on any atom is -0.258 e. The summed E-state index contributed by atoms with van der Waals surface area (Å²) in [6.45, 7) is 0. The second kappa shape index (κ2) is 3.78. The van der Waals surface area contributed by atoms with Crippen molar-refractivity contribution in [2.75, 3.05) is 6.26 Å². The quantitative estimate of drug-likeness (QED) is 0.422. The summed E-state index contributed by atoms with van der Waals surface area (Å²) in [6.07, 6.45) is 1.82. The first-order valence-electron chi connectivity index (χ1n) is 3.13. The van der Waals surface area contributed by atoms with Crippen molar-refractivity contribution in [1.29, 1.82) is 0 Å². The molecule has 0 spiro atoms. The van der Waals surface area contributed by atoms with E-state index < -0.39 is 4.92 Å². The Morgan fingerprint density at radius 3 is 2.75 bits per heavy atom. The van der Waals surface area contributed by atoms with Crippen LogP contribution in [0.2, 0.25) is 5.02 Å². The Kier molecular flexibility index (Phi) is 2.94. The monoisotopic (exact) mass is 203 g/mol. The number of non-ortho nitro benzene ring substituents is 1. The smallest absolute Gasteiger partial charge is 0.258 e. The lowest BCUT2D eigenvalue weighted by Gasteiger charge is -1.98. The van der Waals surface area contributed by atoms with Gasteiger partial charge in [0.1, 0.15) is 0 Å². The third-order valence-electron chi connectivity index (χ3n) is 1.35. The van der Waals surface area contributed by atoms with Crippen molar-refractivity contribution < 1.29 is 4.92 Å². The van der Waals surface area contributed by atoms with E-state index in [9.17, 15) is 10.1 Å². The first-order valence-corrected chi connectivity index (χ1v) is 4.73. The predicted molar refractivity (Wildman–Crippen MR) is 49.9 cm³/mol. The number of nitro groups is 1. The first kappa shape index (κ1) is 9.35. The molecule has 1 rings (SSSR count). The molecular formula is C7H6ClNO2S. The highest BCUT2D eigenvalue weighted by Gasteiger charge is 2.08. The van der Waals surface area contributed by atoms with E-state index in [1.54, 1.807) is 0 Å². The Bertz CT molecular complexity index is 316. The van der Waals surface area contributed by atoms with Crippen molar-refractivity contribution in [1.82, 2.24) is 0 Å². The summed E-state index contributed by atoms with van der Waals surface area (Å²) < 4.78 is 0. The summed E-state index contributed by atoms with van der Waals surface area (Å²) in [5.41, 5.74) is 0.0729. The molecule has 0 atom stereocenters. The maximum Gasteiger partial charge on any atom is 0.270 e. The van der Waals surface area contributed by atoms with E-state index in [2.05, 4.69) is 0 Å². The van der Waals surface area contributed by atoms with Gasteiger partial charge >= 0.3 is 0 Å². The molecule has 0 radical (unpaired) electrons. The van der Waals surface area contributed by atoms with Crippen LogP contribution in [0.5, 0.6) is 0 Å². The van der Waals surface area contributed by atoms with Crippen LogP contribution in [-0.4, -0.2) is 11.2 Å². The molecule has 0 aromatic heterocycles. The van der Waals surface area contributed by atoms with Crippen molar-refractivity contribution in [3.63, 3.8) is 0 Å². The topological polar surface area (TPSA) is 43.1 Å². The molecule has 0 saturated heterocycles. The predicted octanol–water partition coefficient (Wildman–Crippen LogP) is 2.97. The van der Waals surface area contributed by atoms with Crippen molar-refractivity contribution >= 4 is 29.1 Å². The zero-order chi connectivity index (χ0) is 9.14. The number of thioether (sulfide) groups is 1. The standard InChI is InChI=1S/C7H6ClNO2S/c1-12-7-4-5(9(10)11)2-3-6(7)8/h2-4H,1H3. The van der Waals surface area contributed by atoms with Crippen molar-refractivity contribution in [3.8, 4) is 0 Å². The third-order valence-corrected chi connectivity index (χ3v) is 2.56. The Morgan fingerprint density at radius 2 is 2.25 bits per heavy atom. The normalized spacial score (nSPS) is 9.83. The molecule has 64 valence electrons. The van der Waals surface area contributed by atoms with E-state index in [4.69, 9.17) is 11.6 Å². The summed E-state index contributed by atoms with van der Waals surface area (Å²) in [7, 11) is 0. The van der Waals surface area contributed by atoms with Crippen LogP contribution < -0.4 is 0 Å². The van der Waals surface area contributed by atoms with Crippen LogP contribution >= 0.6 is 23.4 Å². The van der Waals surface area contributed by atoms with E-state index in [0.717, 1.165) is 4.90 Å². The first-order chi connectivity index (χ1) is 5.65. The van der Waals surface area contributed by atoms with Gasteiger partial charge < -0.3 is 0 Å². The van der Waals surface area contributed by atoms with Crippen molar-refractivity contribution in [3.05, 3.63) is 33.3 Å². The van der Waals surface area contributed by atoms with Crippen LogP contribution in [-0.2, 0) is 0 Å². The molecule has 0 bridgehead atoms. The number of halogens is 1. The Labute approximate surface area is 78.9 Å². The SMILES string of the molecule is CSc1cc([N+](=O)[O-])ccc1Cl. The molecule has 1 aromatic rings. The maximum absolute atomic E-state index is 10.3. The molecule has 0 aliphatic carbocycles. The number of nitro benzene ring substituents is 1. The van der Waals surface area contributed by atoms with E-state index >= 15 is 0 Å². The molecule has 0 aliphatic rings. The highest BCUT2D eigenvalue weighted by atomic mass is 35.5. The summed E-state index contributed by atoms with van der Waals surface area (Å²) in [5, 5.41) is 10.9. The van der Waals surface area contributed by atoms with Gasteiger partial charge in [0.15, 0.2) is 0 Å². The second-order valence-corrected chi connectivity index (χ2v) is 3.33. The highest BCUT2D eigenvalue weighted by Crippen LogP contribution is 2.28. The molecule has 1 aromatic carbocycles. The average molecular weight is 204 g/mol. The summed E-state index contributed by atoms with van der Waals surface area (Å²) in [5.74, 6) is 0. The second-order valence-electron chi connectivity index (χ2n) is 2.08. The molecule has 5 heteroatoms. The molecule has 0 amide bonds. The lowest BCUT2D eigenvalue weighted by atomic mass is 10.3. The number of rotatable bonds is 2. The van der Waals surface area contributed by atoms with Crippen LogP contribution in [0.4, 0.5) is 5.69 Å². The van der Waals surface area contributed by atoms with Crippen LogP contribution in [0.15, 0.2) is 23.1 Å². The van der Waals surface area contributed by atoms with E-state index in [-0.39, 0.29) is 5.69 Å². The van der Waals surface area contributed by atoms with Crippen LogP contribution in [0.1, 0.15) is 0 Å². The maximum atomic E-state index is 10.3. The van der Waals surface area contributed by atoms with Gasteiger partial charge in [-0.05, 0) is 12.3 Å². The zero-order valence-electron chi connectivity index (χ0n) is 6.28. The van der Waals surface area contributed by atoms with Gasteiger partial charge in [0, 0.05) is 17.0 Å². The molecule has 12 heavy (non-hydrogen) atoms. The summed E-state index contributed by atoms with van der Waals surface area (Å²) in [4.78, 5) is 10.6. The summed E-state index contributed by atoms with van der Waals surface area (Å²) in [6, 6.07) is 4.39. The lowest BCUT2D eigenvalue weighted by molar-refractivity contribution is -0.385. The Morgan fingerprint density at radius 1 is 1.58 bits per heavy atom. The number of hydrogen-bond acceptors (Lipinski definition) is 3. The molecular weight excluding hydrogens is 198 g/mol. The van der Waals surface area contributed by atoms with Crippen LogP contribution in [0.3, 0.4) is 0 Å². The van der Waals surface area contributed by atoms with Gasteiger partial charge in [-0.2, -0.15) is 0 Å². The largest absolute Gasteiger partial charge is 0.270 e. The van der Waals surface area contributed by atoms with Gasteiger partial charge in [0.05, 0.1) is 9.95 Å². The van der Waals surface area contributed by atoms with Crippen LogP contribution in [0.25, 0.3) is 0 Å². The third kappa shape index (κ3) is 1.89. The number of benzene rings is 1. The molecule has 0 heterocycles. The minimum absolute atomic E-state index is 0.0729. The fraction of sp³-hybridized carbons (Fsp3) is 0.143. The lowest BCUT2D eigenvalue weighted by Crippen LogP contribution is -1.87. The fourth-order valence-electron chi connectivity index (χ4n) is 0.762. The van der Waals surface area contributed by atoms with E-state index in [1.807, 2.05) is 6.26 Å².